The minimum absolute atomic E-state index is 0.0721. The standard InChI is InChI=1S/C15H21N5O3/c1-4-5-6-20-14(21)11(8-16)10(3)13(15(20)22)18-17-12-7-9(2)23-19-12/h7,22H,4-6,8,16H2,1-3H3. The number of rotatable bonds is 6. The Labute approximate surface area is 133 Å². The maximum atomic E-state index is 12.4. The van der Waals surface area contributed by atoms with Crippen molar-refractivity contribution in [2.24, 2.45) is 16.0 Å². The van der Waals surface area contributed by atoms with Crippen LogP contribution >= 0.6 is 0 Å². The molecule has 0 radical (unpaired) electrons. The van der Waals surface area contributed by atoms with Crippen molar-refractivity contribution in [3.63, 3.8) is 0 Å². The van der Waals surface area contributed by atoms with Crippen LogP contribution in [0, 0.1) is 13.8 Å². The number of aromatic hydroxyl groups is 1. The molecule has 2 aromatic rings. The third kappa shape index (κ3) is 3.48. The summed E-state index contributed by atoms with van der Waals surface area (Å²) in [7, 11) is 0. The third-order valence-corrected chi connectivity index (χ3v) is 3.59. The summed E-state index contributed by atoms with van der Waals surface area (Å²) in [6, 6.07) is 1.62. The molecule has 0 fully saturated rings. The molecule has 0 unspecified atom stereocenters. The van der Waals surface area contributed by atoms with Gasteiger partial charge in [0, 0.05) is 24.7 Å². The third-order valence-electron chi connectivity index (χ3n) is 3.59. The van der Waals surface area contributed by atoms with E-state index in [1.54, 1.807) is 19.9 Å². The summed E-state index contributed by atoms with van der Waals surface area (Å²) in [6.45, 7) is 5.92. The Morgan fingerprint density at radius 1 is 1.39 bits per heavy atom. The van der Waals surface area contributed by atoms with E-state index < -0.39 is 0 Å². The van der Waals surface area contributed by atoms with Crippen molar-refractivity contribution in [1.82, 2.24) is 9.72 Å². The van der Waals surface area contributed by atoms with E-state index in [0.29, 0.717) is 29.2 Å². The molecule has 0 atom stereocenters. The van der Waals surface area contributed by atoms with Crippen molar-refractivity contribution in [2.45, 2.75) is 46.7 Å². The van der Waals surface area contributed by atoms with Crippen LogP contribution in [0.3, 0.4) is 0 Å². The predicted molar refractivity (Wildman–Crippen MR) is 85.3 cm³/mol. The van der Waals surface area contributed by atoms with E-state index >= 15 is 0 Å². The highest BCUT2D eigenvalue weighted by Gasteiger charge is 2.18. The largest absolute Gasteiger partial charge is 0.493 e. The van der Waals surface area contributed by atoms with Crippen molar-refractivity contribution in [3.8, 4) is 5.88 Å². The first kappa shape index (κ1) is 16.9. The molecule has 3 N–H and O–H groups in total. The van der Waals surface area contributed by atoms with Crippen molar-refractivity contribution in [2.75, 3.05) is 0 Å². The number of aromatic nitrogens is 2. The number of pyridine rings is 1. The molecule has 0 spiro atoms. The summed E-state index contributed by atoms with van der Waals surface area (Å²) in [6.07, 6.45) is 1.66. The predicted octanol–water partition coefficient (Wildman–Crippen LogP) is 2.83. The van der Waals surface area contributed by atoms with Gasteiger partial charge in [0.2, 0.25) is 11.7 Å². The molecule has 124 valence electrons. The first-order valence-electron chi connectivity index (χ1n) is 7.49. The van der Waals surface area contributed by atoms with Crippen LogP contribution in [-0.4, -0.2) is 14.8 Å². The fourth-order valence-corrected chi connectivity index (χ4v) is 2.24. The lowest BCUT2D eigenvalue weighted by atomic mass is 10.1. The number of azo groups is 1. The van der Waals surface area contributed by atoms with E-state index in [4.69, 9.17) is 10.3 Å². The molecule has 2 heterocycles. The minimum atomic E-state index is -0.285. The quantitative estimate of drug-likeness (QED) is 0.793. The lowest BCUT2D eigenvalue weighted by Gasteiger charge is -2.14. The van der Waals surface area contributed by atoms with Gasteiger partial charge in [-0.1, -0.05) is 18.5 Å². The van der Waals surface area contributed by atoms with Gasteiger partial charge in [0.05, 0.1) is 0 Å². The van der Waals surface area contributed by atoms with Gasteiger partial charge in [0.1, 0.15) is 11.4 Å². The first-order chi connectivity index (χ1) is 11.0. The molecule has 2 rings (SSSR count). The zero-order valence-electron chi connectivity index (χ0n) is 13.5. The molecule has 2 aromatic heterocycles. The van der Waals surface area contributed by atoms with Crippen LogP contribution in [0.25, 0.3) is 0 Å². The number of nitrogens with zero attached hydrogens (tertiary/aromatic N) is 4. The van der Waals surface area contributed by atoms with Gasteiger partial charge in [-0.2, -0.15) is 0 Å². The van der Waals surface area contributed by atoms with Crippen LogP contribution in [0.5, 0.6) is 5.88 Å². The lowest BCUT2D eigenvalue weighted by molar-refractivity contribution is 0.397. The molecule has 0 aromatic carbocycles. The van der Waals surface area contributed by atoms with Gasteiger partial charge < -0.3 is 15.4 Å². The molecule has 0 bridgehead atoms. The van der Waals surface area contributed by atoms with E-state index in [1.165, 1.54) is 4.57 Å². The second-order valence-electron chi connectivity index (χ2n) is 5.29. The van der Waals surface area contributed by atoms with E-state index in [2.05, 4.69) is 15.4 Å². The highest BCUT2D eigenvalue weighted by molar-refractivity contribution is 5.56. The average molecular weight is 319 g/mol. The molecule has 8 heteroatoms. The maximum absolute atomic E-state index is 12.4. The average Bonchev–Trinajstić information content (AvgIpc) is 2.93. The van der Waals surface area contributed by atoms with Crippen LogP contribution in [0.1, 0.15) is 36.7 Å². The number of hydrogen-bond donors (Lipinski definition) is 2. The van der Waals surface area contributed by atoms with E-state index in [0.717, 1.165) is 12.8 Å². The van der Waals surface area contributed by atoms with Gasteiger partial charge in [0.15, 0.2) is 0 Å². The zero-order valence-corrected chi connectivity index (χ0v) is 13.5. The summed E-state index contributed by atoms with van der Waals surface area (Å²) < 4.78 is 6.21. The summed E-state index contributed by atoms with van der Waals surface area (Å²) in [4.78, 5) is 12.4. The van der Waals surface area contributed by atoms with Crippen LogP contribution in [0.2, 0.25) is 0 Å². The topological polar surface area (TPSA) is 119 Å². The zero-order chi connectivity index (χ0) is 17.0. The number of nitrogens with two attached hydrogens (primary N) is 1. The van der Waals surface area contributed by atoms with E-state index in [9.17, 15) is 9.90 Å². The number of aryl methyl sites for hydroxylation is 1. The van der Waals surface area contributed by atoms with E-state index in [1.807, 2.05) is 6.92 Å². The van der Waals surface area contributed by atoms with Crippen LogP contribution in [0.15, 0.2) is 25.6 Å². The van der Waals surface area contributed by atoms with Gasteiger partial charge in [-0.15, -0.1) is 10.2 Å². The molecule has 0 aliphatic carbocycles. The fraction of sp³-hybridized carbons (Fsp3) is 0.467. The van der Waals surface area contributed by atoms with Crippen molar-refractivity contribution >= 4 is 11.5 Å². The van der Waals surface area contributed by atoms with Crippen molar-refractivity contribution in [1.29, 1.82) is 0 Å². The summed E-state index contributed by atoms with van der Waals surface area (Å²) >= 11 is 0. The highest BCUT2D eigenvalue weighted by Crippen LogP contribution is 2.32. The molecular weight excluding hydrogens is 298 g/mol. The van der Waals surface area contributed by atoms with Gasteiger partial charge in [-0.3, -0.25) is 9.36 Å². The van der Waals surface area contributed by atoms with Crippen molar-refractivity contribution in [3.05, 3.63) is 33.3 Å². The molecular formula is C15H21N5O3. The Morgan fingerprint density at radius 2 is 2.13 bits per heavy atom. The molecule has 0 amide bonds. The molecule has 8 nitrogen and oxygen atoms in total. The van der Waals surface area contributed by atoms with Crippen LogP contribution in [0.4, 0.5) is 11.5 Å². The van der Waals surface area contributed by atoms with Crippen molar-refractivity contribution < 1.29 is 9.63 Å². The van der Waals surface area contributed by atoms with Gasteiger partial charge in [-0.25, -0.2) is 0 Å². The second-order valence-corrected chi connectivity index (χ2v) is 5.29. The lowest BCUT2D eigenvalue weighted by Crippen LogP contribution is -2.26. The minimum Gasteiger partial charge on any atom is -0.493 e. The summed E-state index contributed by atoms with van der Waals surface area (Å²) in [5.41, 5.74) is 6.56. The Kier molecular flexibility index (Phi) is 5.28. The number of hydrogen-bond acceptors (Lipinski definition) is 7. The normalized spacial score (nSPS) is 11.5. The summed E-state index contributed by atoms with van der Waals surface area (Å²) in [5, 5.41) is 22.1. The Bertz CT molecular complexity index is 776. The van der Waals surface area contributed by atoms with Crippen LogP contribution < -0.4 is 11.3 Å². The first-order valence-corrected chi connectivity index (χ1v) is 7.49. The highest BCUT2D eigenvalue weighted by atomic mass is 16.5. The van der Waals surface area contributed by atoms with Crippen LogP contribution in [-0.2, 0) is 13.1 Å². The molecule has 23 heavy (non-hydrogen) atoms. The summed E-state index contributed by atoms with van der Waals surface area (Å²) in [5.74, 6) is 0.694. The molecule has 0 saturated carbocycles. The Hall–Kier alpha value is -2.48. The molecule has 0 saturated heterocycles. The Balaban J connectivity index is 2.53. The monoisotopic (exact) mass is 319 g/mol. The molecule has 0 aliphatic heterocycles. The van der Waals surface area contributed by atoms with E-state index in [-0.39, 0.29) is 23.7 Å². The number of unbranched alkanes of at least 4 members (excludes halogenated alkanes) is 1. The van der Waals surface area contributed by atoms with Gasteiger partial charge in [-0.05, 0) is 25.8 Å². The van der Waals surface area contributed by atoms with Gasteiger partial charge in [0.25, 0.3) is 5.56 Å². The molecule has 0 aliphatic rings. The van der Waals surface area contributed by atoms with Gasteiger partial charge >= 0.3 is 0 Å². The fourth-order valence-electron chi connectivity index (χ4n) is 2.24. The maximum Gasteiger partial charge on any atom is 0.258 e. The second kappa shape index (κ2) is 7.19. The Morgan fingerprint density at radius 3 is 2.70 bits per heavy atom. The SMILES string of the molecule is CCCCn1c(O)c(N=Nc2cc(C)on2)c(C)c(CN)c1=O. The smallest absolute Gasteiger partial charge is 0.258 e.